The molecule has 0 saturated carbocycles. The third kappa shape index (κ3) is 3.01. The van der Waals surface area contributed by atoms with Gasteiger partial charge in [-0.1, -0.05) is 5.21 Å². The molecule has 2 heterocycles. The third-order valence-corrected chi connectivity index (χ3v) is 1.91. The van der Waals surface area contributed by atoms with Gasteiger partial charge >= 0.3 is 0 Å². The largest absolute Gasteiger partial charge is 0.369 e. The molecule has 0 aliphatic carbocycles. The molecule has 0 aliphatic rings. The highest BCUT2D eigenvalue weighted by Gasteiger charge is 1.93. The highest BCUT2D eigenvalue weighted by Crippen LogP contribution is 1.97. The van der Waals surface area contributed by atoms with E-state index in [-0.39, 0.29) is 0 Å². The van der Waals surface area contributed by atoms with E-state index in [1.165, 1.54) is 0 Å². The van der Waals surface area contributed by atoms with Crippen LogP contribution < -0.4 is 5.32 Å². The SMILES string of the molecule is c1cnnc(NCCCn2ccnn2)c1. The topological polar surface area (TPSA) is 68.5 Å². The first-order chi connectivity index (χ1) is 7.45. The van der Waals surface area contributed by atoms with Crippen LogP contribution in [0.5, 0.6) is 0 Å². The van der Waals surface area contributed by atoms with Crippen molar-refractivity contribution in [1.82, 2.24) is 25.2 Å². The van der Waals surface area contributed by atoms with E-state index in [1.807, 2.05) is 18.3 Å². The van der Waals surface area contributed by atoms with Crippen molar-refractivity contribution >= 4 is 5.82 Å². The second kappa shape index (κ2) is 5.04. The van der Waals surface area contributed by atoms with Crippen molar-refractivity contribution in [2.75, 3.05) is 11.9 Å². The van der Waals surface area contributed by atoms with Crippen LogP contribution in [0.15, 0.2) is 30.7 Å². The van der Waals surface area contributed by atoms with Crippen LogP contribution in [-0.2, 0) is 6.54 Å². The molecule has 0 saturated heterocycles. The number of aryl methyl sites for hydroxylation is 1. The predicted molar refractivity (Wildman–Crippen MR) is 55.2 cm³/mol. The van der Waals surface area contributed by atoms with Gasteiger partial charge in [0.2, 0.25) is 0 Å². The molecule has 1 N–H and O–H groups in total. The van der Waals surface area contributed by atoms with Crippen molar-refractivity contribution < 1.29 is 0 Å². The predicted octanol–water partition coefficient (Wildman–Crippen LogP) is 0.570. The molecule has 0 radical (unpaired) electrons. The van der Waals surface area contributed by atoms with Gasteiger partial charge in [0.05, 0.1) is 6.20 Å². The fraction of sp³-hybridized carbons (Fsp3) is 0.333. The van der Waals surface area contributed by atoms with Gasteiger partial charge in [-0.15, -0.1) is 10.2 Å². The summed E-state index contributed by atoms with van der Waals surface area (Å²) >= 11 is 0. The average molecular weight is 204 g/mol. The van der Waals surface area contributed by atoms with Gasteiger partial charge in [-0.25, -0.2) is 0 Å². The van der Waals surface area contributed by atoms with Crippen LogP contribution in [0, 0.1) is 0 Å². The molecule has 0 spiro atoms. The summed E-state index contributed by atoms with van der Waals surface area (Å²) in [4.78, 5) is 0. The lowest BCUT2D eigenvalue weighted by Gasteiger charge is -2.03. The normalized spacial score (nSPS) is 10.1. The van der Waals surface area contributed by atoms with E-state index < -0.39 is 0 Å². The number of hydrogen-bond donors (Lipinski definition) is 1. The molecule has 6 nitrogen and oxygen atoms in total. The maximum atomic E-state index is 3.92. The Morgan fingerprint density at radius 2 is 2.27 bits per heavy atom. The van der Waals surface area contributed by atoms with E-state index in [4.69, 9.17) is 0 Å². The highest BCUT2D eigenvalue weighted by molar-refractivity contribution is 5.30. The Balaban J connectivity index is 1.68. The van der Waals surface area contributed by atoms with Gasteiger partial charge in [-0.3, -0.25) is 4.68 Å². The van der Waals surface area contributed by atoms with Gasteiger partial charge in [0.1, 0.15) is 5.82 Å². The van der Waals surface area contributed by atoms with Crippen molar-refractivity contribution in [3.63, 3.8) is 0 Å². The van der Waals surface area contributed by atoms with Crippen molar-refractivity contribution in [2.24, 2.45) is 0 Å². The minimum absolute atomic E-state index is 0.802. The Morgan fingerprint density at radius 1 is 1.27 bits per heavy atom. The zero-order valence-corrected chi connectivity index (χ0v) is 8.24. The molecule has 0 atom stereocenters. The molecule has 0 amide bonds. The minimum atomic E-state index is 0.802. The molecule has 2 aromatic rings. The standard InChI is InChI=1S/C9H12N6/c1-3-9(13-11-5-1)10-4-2-7-15-8-6-12-14-15/h1,3,5-6,8H,2,4,7H2,(H,10,13). The van der Waals surface area contributed by atoms with Gasteiger partial charge in [0.15, 0.2) is 0 Å². The van der Waals surface area contributed by atoms with Gasteiger partial charge in [0, 0.05) is 25.5 Å². The summed E-state index contributed by atoms with van der Waals surface area (Å²) in [5, 5.41) is 18.5. The lowest BCUT2D eigenvalue weighted by atomic mass is 10.4. The molecule has 0 aromatic carbocycles. The number of nitrogens with one attached hydrogen (secondary N) is 1. The fourth-order valence-corrected chi connectivity index (χ4v) is 1.21. The molecule has 6 heteroatoms. The summed E-state index contributed by atoms with van der Waals surface area (Å²) in [6, 6.07) is 3.75. The van der Waals surface area contributed by atoms with Gasteiger partial charge < -0.3 is 5.32 Å². The van der Waals surface area contributed by atoms with Crippen LogP contribution in [0.25, 0.3) is 0 Å². The third-order valence-electron chi connectivity index (χ3n) is 1.91. The molecule has 0 unspecified atom stereocenters. The molecule has 2 aromatic heterocycles. The molecule has 15 heavy (non-hydrogen) atoms. The zero-order valence-electron chi connectivity index (χ0n) is 8.24. The summed E-state index contributed by atoms with van der Waals surface area (Å²) < 4.78 is 1.80. The maximum Gasteiger partial charge on any atom is 0.148 e. The Kier molecular flexibility index (Phi) is 3.22. The quantitative estimate of drug-likeness (QED) is 0.721. The summed E-state index contributed by atoms with van der Waals surface area (Å²) in [5.74, 6) is 0.802. The fourth-order valence-electron chi connectivity index (χ4n) is 1.21. The smallest absolute Gasteiger partial charge is 0.148 e. The first kappa shape index (κ1) is 9.57. The lowest BCUT2D eigenvalue weighted by Crippen LogP contribution is -2.08. The monoisotopic (exact) mass is 204 g/mol. The minimum Gasteiger partial charge on any atom is -0.369 e. The van der Waals surface area contributed by atoms with Gasteiger partial charge in [-0.2, -0.15) is 5.10 Å². The molecule has 0 aliphatic heterocycles. The number of aromatic nitrogens is 5. The van der Waals surface area contributed by atoms with Crippen molar-refractivity contribution in [2.45, 2.75) is 13.0 Å². The van der Waals surface area contributed by atoms with E-state index in [0.717, 1.165) is 25.3 Å². The molecular weight excluding hydrogens is 192 g/mol. The molecule has 2 rings (SSSR count). The van der Waals surface area contributed by atoms with Crippen LogP contribution >= 0.6 is 0 Å². The number of nitrogens with zero attached hydrogens (tertiary/aromatic N) is 5. The summed E-state index contributed by atoms with van der Waals surface area (Å²) in [7, 11) is 0. The van der Waals surface area contributed by atoms with Crippen molar-refractivity contribution in [1.29, 1.82) is 0 Å². The second-order valence-corrected chi connectivity index (χ2v) is 3.06. The summed E-state index contributed by atoms with van der Waals surface area (Å²) in [6.07, 6.45) is 6.15. The van der Waals surface area contributed by atoms with E-state index >= 15 is 0 Å². The van der Waals surface area contributed by atoms with Gasteiger partial charge in [-0.05, 0) is 18.6 Å². The van der Waals surface area contributed by atoms with Crippen LogP contribution in [0.2, 0.25) is 0 Å². The second-order valence-electron chi connectivity index (χ2n) is 3.06. The van der Waals surface area contributed by atoms with Crippen LogP contribution in [0.1, 0.15) is 6.42 Å². The summed E-state index contributed by atoms with van der Waals surface area (Å²) in [5.41, 5.74) is 0. The van der Waals surface area contributed by atoms with E-state index in [0.29, 0.717) is 0 Å². The average Bonchev–Trinajstić information content (AvgIpc) is 2.79. The Morgan fingerprint density at radius 3 is 3.00 bits per heavy atom. The molecule has 78 valence electrons. The first-order valence-corrected chi connectivity index (χ1v) is 4.81. The van der Waals surface area contributed by atoms with Crippen LogP contribution in [-0.4, -0.2) is 31.7 Å². The number of hydrogen-bond acceptors (Lipinski definition) is 5. The molecule has 0 fully saturated rings. The zero-order chi connectivity index (χ0) is 10.3. The van der Waals surface area contributed by atoms with E-state index in [1.54, 1.807) is 17.1 Å². The molecule has 0 bridgehead atoms. The number of rotatable bonds is 5. The highest BCUT2D eigenvalue weighted by atomic mass is 15.4. The lowest BCUT2D eigenvalue weighted by molar-refractivity contribution is 0.569. The Hall–Kier alpha value is -1.98. The van der Waals surface area contributed by atoms with E-state index in [2.05, 4.69) is 25.8 Å². The molecular formula is C9H12N6. The first-order valence-electron chi connectivity index (χ1n) is 4.81. The maximum absolute atomic E-state index is 3.92. The van der Waals surface area contributed by atoms with Gasteiger partial charge in [0.25, 0.3) is 0 Å². The van der Waals surface area contributed by atoms with Crippen molar-refractivity contribution in [3.8, 4) is 0 Å². The Labute approximate surface area is 87.3 Å². The van der Waals surface area contributed by atoms with Crippen molar-refractivity contribution in [3.05, 3.63) is 30.7 Å². The van der Waals surface area contributed by atoms with Crippen LogP contribution in [0.4, 0.5) is 5.82 Å². The Bertz CT molecular complexity index is 371. The van der Waals surface area contributed by atoms with E-state index in [9.17, 15) is 0 Å². The number of anilines is 1. The summed E-state index contributed by atoms with van der Waals surface area (Å²) in [6.45, 7) is 1.70. The van der Waals surface area contributed by atoms with Crippen LogP contribution in [0.3, 0.4) is 0 Å².